The van der Waals surface area contributed by atoms with Crippen molar-refractivity contribution in [2.75, 3.05) is 11.5 Å². The quantitative estimate of drug-likeness (QED) is 0.227. The number of ether oxygens (including phenoxy) is 1. The van der Waals surface area contributed by atoms with Crippen LogP contribution in [0.4, 0.5) is 5.82 Å². The molecule has 5 rings (SSSR count). The molecule has 4 aromatic rings. The maximum atomic E-state index is 13.3. The van der Waals surface area contributed by atoms with Crippen molar-refractivity contribution in [3.8, 4) is 5.75 Å². The highest BCUT2D eigenvalue weighted by Crippen LogP contribution is 2.42. The van der Waals surface area contributed by atoms with Gasteiger partial charge < -0.3 is 14.4 Å². The number of carbonyl (C=O) groups is 2. The Labute approximate surface area is 202 Å². The molecular formula is C28H24N2O5. The molecule has 1 aromatic heterocycles. The molecule has 7 nitrogen and oxygen atoms in total. The molecular weight excluding hydrogens is 444 g/mol. The fourth-order valence-corrected chi connectivity index (χ4v) is 4.34. The van der Waals surface area contributed by atoms with Crippen LogP contribution in [0.15, 0.2) is 82.9 Å². The van der Waals surface area contributed by atoms with Crippen LogP contribution >= 0.6 is 0 Å². The van der Waals surface area contributed by atoms with Gasteiger partial charge in [-0.15, -0.1) is 0 Å². The van der Waals surface area contributed by atoms with Crippen LogP contribution in [-0.4, -0.2) is 28.6 Å². The molecule has 1 aliphatic heterocycles. The number of amides is 1. The van der Waals surface area contributed by atoms with Crippen molar-refractivity contribution in [2.45, 2.75) is 26.3 Å². The second-order valence-corrected chi connectivity index (χ2v) is 8.45. The molecule has 0 radical (unpaired) electrons. The Bertz CT molecular complexity index is 1470. The molecule has 1 saturated heterocycles. The van der Waals surface area contributed by atoms with Crippen molar-refractivity contribution in [3.63, 3.8) is 0 Å². The van der Waals surface area contributed by atoms with E-state index in [0.29, 0.717) is 29.2 Å². The number of aliphatic hydroxyl groups is 1. The zero-order chi connectivity index (χ0) is 24.5. The largest absolute Gasteiger partial charge is 0.507 e. The van der Waals surface area contributed by atoms with E-state index in [-0.39, 0.29) is 17.2 Å². The summed E-state index contributed by atoms with van der Waals surface area (Å²) in [5.74, 6) is -0.521. The monoisotopic (exact) mass is 468 g/mol. The molecule has 0 bridgehead atoms. The number of aryl methyl sites for hydroxylation is 1. The van der Waals surface area contributed by atoms with Crippen LogP contribution in [0.25, 0.3) is 16.5 Å². The molecule has 0 saturated carbocycles. The predicted octanol–water partition coefficient (Wildman–Crippen LogP) is 5.55. The molecule has 0 spiro atoms. The lowest BCUT2D eigenvalue weighted by molar-refractivity contribution is -0.132. The lowest BCUT2D eigenvalue weighted by Gasteiger charge is -2.23. The van der Waals surface area contributed by atoms with E-state index in [4.69, 9.17) is 9.26 Å². The molecule has 176 valence electrons. The van der Waals surface area contributed by atoms with Crippen LogP contribution < -0.4 is 9.64 Å². The summed E-state index contributed by atoms with van der Waals surface area (Å²) in [5.41, 5.74) is 1.04. The Morgan fingerprint density at radius 2 is 1.83 bits per heavy atom. The first-order valence-corrected chi connectivity index (χ1v) is 11.4. The van der Waals surface area contributed by atoms with Gasteiger partial charge in [0, 0.05) is 11.6 Å². The average Bonchev–Trinajstić information content (AvgIpc) is 3.42. The summed E-state index contributed by atoms with van der Waals surface area (Å²) in [6.07, 6.45) is 0.836. The van der Waals surface area contributed by atoms with Crippen molar-refractivity contribution < 1.29 is 24.0 Å². The molecule has 2 heterocycles. The highest BCUT2D eigenvalue weighted by Gasteiger charge is 2.48. The van der Waals surface area contributed by atoms with E-state index in [1.54, 1.807) is 43.3 Å². The zero-order valence-electron chi connectivity index (χ0n) is 19.4. The van der Waals surface area contributed by atoms with Gasteiger partial charge in [-0.25, -0.2) is 0 Å². The lowest BCUT2D eigenvalue weighted by atomic mass is 9.94. The van der Waals surface area contributed by atoms with Crippen LogP contribution in [0.3, 0.4) is 0 Å². The second kappa shape index (κ2) is 9.10. The van der Waals surface area contributed by atoms with Gasteiger partial charge in [0.15, 0.2) is 5.82 Å². The molecule has 0 aliphatic carbocycles. The highest BCUT2D eigenvalue weighted by molar-refractivity contribution is 6.51. The average molecular weight is 469 g/mol. The van der Waals surface area contributed by atoms with Gasteiger partial charge in [-0.05, 0) is 47.9 Å². The molecule has 35 heavy (non-hydrogen) atoms. The standard InChI is InChI=1S/C28H24N2O5/c1-3-13-34-22-10-6-9-20(16-22)25-24(27(32)28(33)30(25)23-14-17(2)35-29-23)26(31)21-12-11-18-7-4-5-8-19(18)15-21/h4-12,14-16,25,31H,3,13H2,1-2H3/b26-24+. The summed E-state index contributed by atoms with van der Waals surface area (Å²) in [7, 11) is 0. The van der Waals surface area contributed by atoms with E-state index in [1.165, 1.54) is 4.90 Å². The molecule has 3 aromatic carbocycles. The van der Waals surface area contributed by atoms with Crippen LogP contribution in [0.5, 0.6) is 5.75 Å². The smallest absolute Gasteiger partial charge is 0.301 e. The van der Waals surface area contributed by atoms with Crippen LogP contribution in [0.1, 0.15) is 36.3 Å². The summed E-state index contributed by atoms with van der Waals surface area (Å²) in [6, 6.07) is 21.0. The van der Waals surface area contributed by atoms with Gasteiger partial charge in [0.25, 0.3) is 5.78 Å². The number of aliphatic hydroxyl groups excluding tert-OH is 1. The van der Waals surface area contributed by atoms with E-state index in [2.05, 4.69) is 5.16 Å². The van der Waals surface area contributed by atoms with Gasteiger partial charge in [-0.3, -0.25) is 14.5 Å². The Hall–Kier alpha value is -4.39. The number of fused-ring (bicyclic) bond motifs is 1. The Morgan fingerprint density at radius 1 is 1.03 bits per heavy atom. The van der Waals surface area contributed by atoms with Crippen molar-refractivity contribution in [3.05, 3.63) is 95.3 Å². The van der Waals surface area contributed by atoms with Crippen LogP contribution in [-0.2, 0) is 9.59 Å². The van der Waals surface area contributed by atoms with Crippen LogP contribution in [0.2, 0.25) is 0 Å². The fourth-order valence-electron chi connectivity index (χ4n) is 4.34. The SMILES string of the molecule is CCCOc1cccc(C2/C(=C(\O)c3ccc4ccccc4c3)C(=O)C(=O)N2c2cc(C)on2)c1. The minimum atomic E-state index is -0.906. The number of benzene rings is 3. The molecule has 1 atom stereocenters. The van der Waals surface area contributed by atoms with E-state index in [1.807, 2.05) is 43.3 Å². The third-order valence-electron chi connectivity index (χ3n) is 5.98. The zero-order valence-corrected chi connectivity index (χ0v) is 19.4. The first-order valence-electron chi connectivity index (χ1n) is 11.4. The third kappa shape index (κ3) is 4.05. The van der Waals surface area contributed by atoms with Crippen molar-refractivity contribution in [2.24, 2.45) is 0 Å². The highest BCUT2D eigenvalue weighted by atomic mass is 16.5. The van der Waals surface area contributed by atoms with Gasteiger partial charge in [0.05, 0.1) is 18.2 Å². The molecule has 1 unspecified atom stereocenters. The first-order chi connectivity index (χ1) is 17.0. The Morgan fingerprint density at radius 3 is 2.57 bits per heavy atom. The maximum absolute atomic E-state index is 13.3. The van der Waals surface area contributed by atoms with E-state index < -0.39 is 17.7 Å². The summed E-state index contributed by atoms with van der Waals surface area (Å²) in [4.78, 5) is 27.8. The number of ketones is 1. The number of hydrogen-bond acceptors (Lipinski definition) is 6. The van der Waals surface area contributed by atoms with Gasteiger partial charge in [-0.2, -0.15) is 0 Å². The first kappa shape index (κ1) is 22.4. The normalized spacial score (nSPS) is 17.3. The second-order valence-electron chi connectivity index (χ2n) is 8.45. The van der Waals surface area contributed by atoms with Crippen LogP contribution in [0, 0.1) is 6.92 Å². The van der Waals surface area contributed by atoms with E-state index >= 15 is 0 Å². The van der Waals surface area contributed by atoms with Crippen molar-refractivity contribution in [1.29, 1.82) is 0 Å². The topological polar surface area (TPSA) is 92.9 Å². The lowest BCUT2D eigenvalue weighted by Crippen LogP contribution is -2.29. The van der Waals surface area contributed by atoms with Crippen molar-refractivity contribution >= 4 is 34.0 Å². The minimum absolute atomic E-state index is 0.0152. The van der Waals surface area contributed by atoms with Gasteiger partial charge in [-0.1, -0.05) is 60.6 Å². The summed E-state index contributed by atoms with van der Waals surface area (Å²) in [6.45, 7) is 4.24. The number of anilines is 1. The molecule has 7 heteroatoms. The molecule has 1 aliphatic rings. The summed E-state index contributed by atoms with van der Waals surface area (Å²) in [5, 5.41) is 17.3. The third-order valence-corrected chi connectivity index (χ3v) is 5.98. The number of nitrogens with zero attached hydrogens (tertiary/aromatic N) is 2. The predicted molar refractivity (Wildman–Crippen MR) is 132 cm³/mol. The van der Waals surface area contributed by atoms with E-state index in [9.17, 15) is 14.7 Å². The number of aromatic nitrogens is 1. The number of carbonyl (C=O) groups excluding carboxylic acids is 2. The Kier molecular flexibility index (Phi) is 5.82. The molecule has 1 fully saturated rings. The number of hydrogen-bond donors (Lipinski definition) is 1. The Balaban J connectivity index is 1.69. The molecule has 1 amide bonds. The fraction of sp³-hybridized carbons (Fsp3) is 0.179. The summed E-state index contributed by atoms with van der Waals surface area (Å²) >= 11 is 0. The molecule has 1 N–H and O–H groups in total. The van der Waals surface area contributed by atoms with E-state index in [0.717, 1.165) is 17.2 Å². The number of rotatable bonds is 6. The minimum Gasteiger partial charge on any atom is -0.507 e. The van der Waals surface area contributed by atoms with Gasteiger partial charge in [0.2, 0.25) is 0 Å². The number of Topliss-reactive ketones (excluding diaryl/α,β-unsaturated/α-hetero) is 1. The van der Waals surface area contributed by atoms with Crippen molar-refractivity contribution in [1.82, 2.24) is 5.16 Å². The van der Waals surface area contributed by atoms with Gasteiger partial charge >= 0.3 is 5.91 Å². The van der Waals surface area contributed by atoms with Gasteiger partial charge in [0.1, 0.15) is 17.3 Å². The summed E-state index contributed by atoms with van der Waals surface area (Å²) < 4.78 is 11.0. The maximum Gasteiger partial charge on any atom is 0.301 e.